The van der Waals surface area contributed by atoms with E-state index in [4.69, 9.17) is 0 Å². The van der Waals surface area contributed by atoms with Crippen LogP contribution in [0.1, 0.15) is 46.5 Å². The Morgan fingerprint density at radius 3 is 2.34 bits per heavy atom. The molecule has 0 saturated carbocycles. The lowest BCUT2D eigenvalue weighted by Crippen LogP contribution is -2.57. The minimum Gasteiger partial charge on any atom is -0.355 e. The molecule has 2 rings (SSSR count). The molecule has 0 aromatic heterocycles. The number of carbonyl (C=O) groups is 3. The molecule has 2 aromatic carbocycles. The quantitative estimate of drug-likeness (QED) is 0.410. The fraction of sp³-hybridized carbons (Fsp3) is 0.400. The van der Waals surface area contributed by atoms with Gasteiger partial charge in [0.15, 0.2) is 0 Å². The number of halogens is 3. The van der Waals surface area contributed by atoms with Crippen molar-refractivity contribution >= 4 is 17.7 Å². The van der Waals surface area contributed by atoms with E-state index in [-0.39, 0.29) is 5.56 Å². The van der Waals surface area contributed by atoms with Gasteiger partial charge in [-0.25, -0.2) is 0 Å². The Kier molecular flexibility index (Phi) is 9.82. The number of hydrogen-bond acceptors (Lipinski definition) is 4. The summed E-state index contributed by atoms with van der Waals surface area (Å²) in [4.78, 5) is 37.3. The van der Waals surface area contributed by atoms with Crippen LogP contribution in [0.15, 0.2) is 42.5 Å². The van der Waals surface area contributed by atoms with E-state index in [1.54, 1.807) is 13.8 Å². The highest BCUT2D eigenvalue weighted by Crippen LogP contribution is 2.29. The lowest BCUT2D eigenvalue weighted by molar-refractivity contribution is -0.137. The van der Waals surface area contributed by atoms with Crippen molar-refractivity contribution in [3.05, 3.63) is 70.3 Å². The van der Waals surface area contributed by atoms with Crippen molar-refractivity contribution in [2.24, 2.45) is 0 Å². The molecule has 10 heteroatoms. The number of amides is 3. The minimum absolute atomic E-state index is 0.226. The van der Waals surface area contributed by atoms with Crippen molar-refractivity contribution < 1.29 is 27.6 Å². The first-order valence-electron chi connectivity index (χ1n) is 11.2. The lowest BCUT2D eigenvalue weighted by atomic mass is 10.0. The monoisotopic (exact) mass is 492 g/mol. The summed E-state index contributed by atoms with van der Waals surface area (Å²) in [5.41, 5.74) is 2.10. The average Bonchev–Trinajstić information content (AvgIpc) is 2.79. The molecule has 2 aromatic rings. The summed E-state index contributed by atoms with van der Waals surface area (Å²) in [6.07, 6.45) is -4.59. The van der Waals surface area contributed by atoms with E-state index in [9.17, 15) is 27.6 Å². The molecule has 0 fully saturated rings. The number of likely N-dealkylation sites (N-methyl/N-ethyl adjacent to an activating group) is 1. The van der Waals surface area contributed by atoms with Crippen LogP contribution in [0.4, 0.5) is 13.2 Å². The first-order chi connectivity index (χ1) is 16.4. The van der Waals surface area contributed by atoms with Crippen LogP contribution in [0.5, 0.6) is 0 Å². The van der Waals surface area contributed by atoms with E-state index in [2.05, 4.69) is 27.3 Å². The van der Waals surface area contributed by atoms with Gasteiger partial charge >= 0.3 is 6.18 Å². The highest BCUT2D eigenvalue weighted by atomic mass is 19.4. The molecule has 2 atom stereocenters. The molecule has 7 nitrogen and oxygen atoms in total. The predicted octanol–water partition coefficient (Wildman–Crippen LogP) is 2.85. The Morgan fingerprint density at radius 1 is 1.00 bits per heavy atom. The maximum absolute atomic E-state index is 12.9. The van der Waals surface area contributed by atoms with Gasteiger partial charge in [0.1, 0.15) is 6.04 Å². The lowest BCUT2D eigenvalue weighted by Gasteiger charge is -2.25. The Bertz CT molecular complexity index is 1060. The fourth-order valence-electron chi connectivity index (χ4n) is 3.46. The summed E-state index contributed by atoms with van der Waals surface area (Å²) in [6, 6.07) is 8.56. The molecule has 0 saturated heterocycles. The van der Waals surface area contributed by atoms with Gasteiger partial charge in [0.25, 0.3) is 5.91 Å². The van der Waals surface area contributed by atoms with E-state index in [0.29, 0.717) is 19.2 Å². The second-order valence-corrected chi connectivity index (χ2v) is 8.30. The van der Waals surface area contributed by atoms with Gasteiger partial charge in [0.05, 0.1) is 12.1 Å². The van der Waals surface area contributed by atoms with E-state index >= 15 is 0 Å². The molecule has 0 spiro atoms. The molecule has 0 radical (unpaired) electrons. The molecule has 2 unspecified atom stereocenters. The van der Waals surface area contributed by atoms with Crippen LogP contribution in [0.3, 0.4) is 0 Å². The highest BCUT2D eigenvalue weighted by Gasteiger charge is 2.31. The molecule has 0 heterocycles. The number of carbonyl (C=O) groups excluding carboxylic acids is 3. The zero-order valence-electron chi connectivity index (χ0n) is 20.2. The third kappa shape index (κ3) is 8.40. The van der Waals surface area contributed by atoms with E-state index in [1.807, 2.05) is 26.0 Å². The molecule has 35 heavy (non-hydrogen) atoms. The maximum atomic E-state index is 12.9. The largest absolute Gasteiger partial charge is 0.416 e. The highest BCUT2D eigenvalue weighted by molar-refractivity contribution is 5.97. The van der Waals surface area contributed by atoms with Crippen molar-refractivity contribution in [2.45, 2.75) is 52.5 Å². The van der Waals surface area contributed by atoms with Crippen LogP contribution in [0.2, 0.25) is 0 Å². The number of aryl methyl sites for hydroxylation is 2. The molecule has 3 amide bonds. The SMILES string of the molecule is CCNC(=O)C(NC(=O)CNC(=O)c1cccc(C(F)(F)F)c1)C(C)NCc1ccc(C)cc1C. The number of alkyl halides is 3. The normalized spacial score (nSPS) is 13.0. The van der Waals surface area contributed by atoms with Crippen LogP contribution in [-0.4, -0.2) is 42.9 Å². The smallest absolute Gasteiger partial charge is 0.355 e. The minimum atomic E-state index is -4.59. The summed E-state index contributed by atoms with van der Waals surface area (Å²) >= 11 is 0. The summed E-state index contributed by atoms with van der Waals surface area (Å²) < 4.78 is 38.6. The summed E-state index contributed by atoms with van der Waals surface area (Å²) in [5, 5.41) is 10.8. The van der Waals surface area contributed by atoms with E-state index in [1.165, 1.54) is 6.07 Å². The fourth-order valence-corrected chi connectivity index (χ4v) is 3.46. The van der Waals surface area contributed by atoms with E-state index < -0.39 is 48.1 Å². The Morgan fingerprint density at radius 2 is 1.71 bits per heavy atom. The third-order valence-corrected chi connectivity index (χ3v) is 5.42. The van der Waals surface area contributed by atoms with Crippen LogP contribution in [0.25, 0.3) is 0 Å². The standard InChI is InChI=1S/C25H31F3N4O3/c1-5-29-24(35)22(17(4)30-13-19-10-9-15(2)11-16(19)3)32-21(33)14-31-23(34)18-7-6-8-20(12-18)25(26,27)28/h6-12,17,22,30H,5,13-14H2,1-4H3,(H,29,35)(H,31,34)(H,32,33). The molecule has 4 N–H and O–H groups in total. The third-order valence-electron chi connectivity index (χ3n) is 5.42. The van der Waals surface area contributed by atoms with Crippen LogP contribution in [0, 0.1) is 13.8 Å². The van der Waals surface area contributed by atoms with Crippen molar-refractivity contribution in [1.29, 1.82) is 0 Å². The first-order valence-corrected chi connectivity index (χ1v) is 11.2. The molecule has 0 aliphatic heterocycles. The second-order valence-electron chi connectivity index (χ2n) is 8.30. The molecule has 0 bridgehead atoms. The van der Waals surface area contributed by atoms with Crippen LogP contribution < -0.4 is 21.3 Å². The predicted molar refractivity (Wildman–Crippen MR) is 127 cm³/mol. The van der Waals surface area contributed by atoms with Crippen molar-refractivity contribution in [1.82, 2.24) is 21.3 Å². The molecule has 190 valence electrons. The summed E-state index contributed by atoms with van der Waals surface area (Å²) in [7, 11) is 0. The van der Waals surface area contributed by atoms with Crippen LogP contribution in [-0.2, 0) is 22.3 Å². The maximum Gasteiger partial charge on any atom is 0.416 e. The van der Waals surface area contributed by atoms with Crippen molar-refractivity contribution in [3.8, 4) is 0 Å². The Labute approximate surface area is 202 Å². The number of hydrogen-bond donors (Lipinski definition) is 4. The Balaban J connectivity index is 2.00. The van der Waals surface area contributed by atoms with Gasteiger partial charge in [-0.05, 0) is 57.0 Å². The van der Waals surface area contributed by atoms with Gasteiger partial charge in [-0.3, -0.25) is 14.4 Å². The average molecular weight is 493 g/mol. The number of rotatable bonds is 10. The van der Waals surface area contributed by atoms with Gasteiger partial charge in [0, 0.05) is 24.7 Å². The molecule has 0 aliphatic rings. The zero-order chi connectivity index (χ0) is 26.2. The molecule has 0 aliphatic carbocycles. The van der Waals surface area contributed by atoms with Gasteiger partial charge in [-0.1, -0.05) is 29.8 Å². The Hall–Kier alpha value is -3.40. The molecular weight excluding hydrogens is 461 g/mol. The van der Waals surface area contributed by atoms with Gasteiger partial charge < -0.3 is 21.3 Å². The zero-order valence-corrected chi connectivity index (χ0v) is 20.2. The molecular formula is C25H31F3N4O3. The topological polar surface area (TPSA) is 99.3 Å². The van der Waals surface area contributed by atoms with E-state index in [0.717, 1.165) is 28.8 Å². The second kappa shape index (κ2) is 12.3. The number of nitrogens with one attached hydrogen (secondary N) is 4. The van der Waals surface area contributed by atoms with Gasteiger partial charge in [-0.2, -0.15) is 13.2 Å². The van der Waals surface area contributed by atoms with Crippen molar-refractivity contribution in [3.63, 3.8) is 0 Å². The summed E-state index contributed by atoms with van der Waals surface area (Å²) in [6.45, 7) is 7.83. The summed E-state index contributed by atoms with van der Waals surface area (Å²) in [5.74, 6) is -1.88. The van der Waals surface area contributed by atoms with Gasteiger partial charge in [0.2, 0.25) is 11.8 Å². The van der Waals surface area contributed by atoms with Crippen LogP contribution >= 0.6 is 0 Å². The van der Waals surface area contributed by atoms with Crippen molar-refractivity contribution in [2.75, 3.05) is 13.1 Å². The first kappa shape index (κ1) is 27.8. The van der Waals surface area contributed by atoms with Gasteiger partial charge in [-0.15, -0.1) is 0 Å². The number of benzene rings is 2.